The van der Waals surface area contributed by atoms with Crippen LogP contribution in [0.25, 0.3) is 0 Å². The second kappa shape index (κ2) is 9.54. The maximum atomic E-state index is 12.9. The molecule has 2 fully saturated rings. The predicted molar refractivity (Wildman–Crippen MR) is 122 cm³/mol. The van der Waals surface area contributed by atoms with Crippen LogP contribution in [0.2, 0.25) is 0 Å². The number of benzene rings is 2. The normalized spacial score (nSPS) is 18.8. The summed E-state index contributed by atoms with van der Waals surface area (Å²) in [5, 5.41) is 0. The van der Waals surface area contributed by atoms with Gasteiger partial charge in [-0.25, -0.2) is 0 Å². The van der Waals surface area contributed by atoms with E-state index in [4.69, 9.17) is 4.74 Å². The van der Waals surface area contributed by atoms with Gasteiger partial charge in [-0.3, -0.25) is 9.59 Å². The Morgan fingerprint density at radius 2 is 1.48 bits per heavy atom. The van der Waals surface area contributed by atoms with Crippen molar-refractivity contribution >= 4 is 11.8 Å². The predicted octanol–water partition coefficient (Wildman–Crippen LogP) is 4.47. The quantitative estimate of drug-likeness (QED) is 0.717. The van der Waals surface area contributed by atoms with E-state index in [9.17, 15) is 9.59 Å². The lowest BCUT2D eigenvalue weighted by Gasteiger charge is -2.33. The average molecular weight is 421 g/mol. The summed E-state index contributed by atoms with van der Waals surface area (Å²) in [7, 11) is 0. The zero-order valence-electron chi connectivity index (χ0n) is 18.6. The van der Waals surface area contributed by atoms with Gasteiger partial charge < -0.3 is 14.5 Å². The molecule has 0 aliphatic carbocycles. The third-order valence-electron chi connectivity index (χ3n) is 6.54. The molecule has 31 heavy (non-hydrogen) atoms. The molecule has 0 aromatic heterocycles. The van der Waals surface area contributed by atoms with Gasteiger partial charge in [-0.05, 0) is 87.1 Å². The third kappa shape index (κ3) is 5.09. The van der Waals surface area contributed by atoms with E-state index in [1.54, 1.807) is 0 Å². The van der Waals surface area contributed by atoms with Crippen molar-refractivity contribution in [2.24, 2.45) is 5.92 Å². The van der Waals surface area contributed by atoms with Crippen LogP contribution in [0, 0.1) is 19.8 Å². The highest BCUT2D eigenvalue weighted by Crippen LogP contribution is 2.22. The second-order valence-electron chi connectivity index (χ2n) is 8.89. The van der Waals surface area contributed by atoms with Crippen LogP contribution < -0.4 is 4.74 Å². The first-order chi connectivity index (χ1) is 15.0. The number of aryl methyl sites for hydroxylation is 2. The van der Waals surface area contributed by atoms with Crippen molar-refractivity contribution < 1.29 is 14.3 Å². The Morgan fingerprint density at radius 3 is 2.19 bits per heavy atom. The number of likely N-dealkylation sites (tertiary alicyclic amines) is 2. The van der Waals surface area contributed by atoms with Crippen molar-refractivity contribution in [1.29, 1.82) is 0 Å². The van der Waals surface area contributed by atoms with Gasteiger partial charge in [0.2, 0.25) is 0 Å². The zero-order valence-corrected chi connectivity index (χ0v) is 18.6. The molecule has 4 rings (SSSR count). The molecule has 5 nitrogen and oxygen atoms in total. The maximum Gasteiger partial charge on any atom is 0.253 e. The largest absolute Gasteiger partial charge is 0.493 e. The fourth-order valence-corrected chi connectivity index (χ4v) is 4.45. The number of rotatable bonds is 5. The van der Waals surface area contributed by atoms with Crippen molar-refractivity contribution in [2.45, 2.75) is 39.5 Å². The first kappa shape index (κ1) is 21.4. The molecular formula is C26H32N2O3. The van der Waals surface area contributed by atoms with Crippen molar-refractivity contribution in [1.82, 2.24) is 9.80 Å². The molecule has 2 saturated heterocycles. The molecule has 164 valence electrons. The minimum absolute atomic E-state index is 0.108. The molecule has 0 radical (unpaired) electrons. The van der Waals surface area contributed by atoms with Gasteiger partial charge in [-0.1, -0.05) is 6.07 Å². The minimum atomic E-state index is 0.108. The highest BCUT2D eigenvalue weighted by Gasteiger charge is 2.25. The monoisotopic (exact) mass is 420 g/mol. The summed E-state index contributed by atoms with van der Waals surface area (Å²) >= 11 is 0. The number of piperidine rings is 1. The highest BCUT2D eigenvalue weighted by atomic mass is 16.5. The zero-order chi connectivity index (χ0) is 21.8. The molecule has 2 aliphatic heterocycles. The third-order valence-corrected chi connectivity index (χ3v) is 6.54. The Balaban J connectivity index is 1.31. The van der Waals surface area contributed by atoms with Gasteiger partial charge in [0.25, 0.3) is 11.8 Å². The smallest absolute Gasteiger partial charge is 0.253 e. The van der Waals surface area contributed by atoms with E-state index < -0.39 is 0 Å². The Kier molecular flexibility index (Phi) is 6.59. The second-order valence-corrected chi connectivity index (χ2v) is 8.89. The fourth-order valence-electron chi connectivity index (χ4n) is 4.45. The summed E-state index contributed by atoms with van der Waals surface area (Å²) in [4.78, 5) is 29.3. The molecule has 0 unspecified atom stereocenters. The number of hydrogen-bond acceptors (Lipinski definition) is 3. The van der Waals surface area contributed by atoms with Gasteiger partial charge in [-0.15, -0.1) is 0 Å². The van der Waals surface area contributed by atoms with Gasteiger partial charge in [0.05, 0.1) is 6.61 Å². The van der Waals surface area contributed by atoms with Gasteiger partial charge in [0, 0.05) is 43.2 Å². The number of amides is 2. The number of nitrogens with zero attached hydrogens (tertiary/aromatic N) is 2. The van der Waals surface area contributed by atoms with Gasteiger partial charge >= 0.3 is 0 Å². The Hall–Kier alpha value is -2.82. The van der Waals surface area contributed by atoms with Crippen LogP contribution in [0.1, 0.15) is 57.5 Å². The van der Waals surface area contributed by atoms with E-state index in [0.29, 0.717) is 12.5 Å². The number of ether oxygens (including phenoxy) is 1. The van der Waals surface area contributed by atoms with E-state index in [1.165, 1.54) is 5.56 Å². The van der Waals surface area contributed by atoms with Crippen LogP contribution >= 0.6 is 0 Å². The topological polar surface area (TPSA) is 49.9 Å². The molecule has 0 N–H and O–H groups in total. The molecule has 0 spiro atoms. The molecule has 0 bridgehead atoms. The maximum absolute atomic E-state index is 12.9. The highest BCUT2D eigenvalue weighted by molar-refractivity contribution is 5.95. The lowest BCUT2D eigenvalue weighted by atomic mass is 9.97. The molecule has 2 aromatic rings. The van der Waals surface area contributed by atoms with Crippen LogP contribution in [0.4, 0.5) is 0 Å². The summed E-state index contributed by atoms with van der Waals surface area (Å²) in [5.41, 5.74) is 3.84. The van der Waals surface area contributed by atoms with Gasteiger partial charge in [0.1, 0.15) is 5.75 Å². The van der Waals surface area contributed by atoms with Crippen LogP contribution in [0.3, 0.4) is 0 Å². The number of carbonyl (C=O) groups is 2. The SMILES string of the molecule is Cc1ccc(C(=O)N2CCC[C@H](COc3ccc(C(=O)N4CCCC4)cc3)C2)cc1C. The molecule has 1 atom stereocenters. The standard InChI is InChI=1S/C26H32N2O3/c1-19-7-8-23(16-20(19)2)26(30)28-15-5-6-21(17-28)18-31-24-11-9-22(10-12-24)25(29)27-13-3-4-14-27/h7-12,16,21H,3-6,13-15,17-18H2,1-2H3/t21-/m0/s1. The molecule has 2 aliphatic rings. The molecular weight excluding hydrogens is 388 g/mol. The number of carbonyl (C=O) groups excluding carboxylic acids is 2. The van der Waals surface area contributed by atoms with E-state index in [0.717, 1.165) is 74.3 Å². The van der Waals surface area contributed by atoms with Gasteiger partial charge in [-0.2, -0.15) is 0 Å². The molecule has 2 aromatic carbocycles. The minimum Gasteiger partial charge on any atom is -0.493 e. The summed E-state index contributed by atoms with van der Waals surface area (Å²) < 4.78 is 6.01. The Labute approximate surface area is 185 Å². The van der Waals surface area contributed by atoms with Crippen molar-refractivity contribution in [2.75, 3.05) is 32.8 Å². The van der Waals surface area contributed by atoms with Crippen molar-refractivity contribution in [3.05, 3.63) is 64.7 Å². The molecule has 0 saturated carbocycles. The summed E-state index contributed by atoms with van der Waals surface area (Å²) in [6.45, 7) is 7.92. The van der Waals surface area contributed by atoms with Crippen molar-refractivity contribution in [3.8, 4) is 5.75 Å². The first-order valence-corrected chi connectivity index (χ1v) is 11.4. The first-order valence-electron chi connectivity index (χ1n) is 11.4. The van der Waals surface area contributed by atoms with E-state index in [1.807, 2.05) is 59.2 Å². The Morgan fingerprint density at radius 1 is 0.839 bits per heavy atom. The summed E-state index contributed by atoms with van der Waals surface area (Å²) in [5.74, 6) is 1.31. The molecule has 2 heterocycles. The fraction of sp³-hybridized carbons (Fsp3) is 0.462. The van der Waals surface area contributed by atoms with Gasteiger partial charge in [0.15, 0.2) is 0 Å². The molecule has 2 amide bonds. The lowest BCUT2D eigenvalue weighted by Crippen LogP contribution is -2.41. The van der Waals surface area contributed by atoms with Crippen LogP contribution in [0.15, 0.2) is 42.5 Å². The summed E-state index contributed by atoms with van der Waals surface area (Å²) in [6.07, 6.45) is 4.24. The summed E-state index contributed by atoms with van der Waals surface area (Å²) in [6, 6.07) is 13.4. The average Bonchev–Trinajstić information content (AvgIpc) is 3.34. The van der Waals surface area contributed by atoms with Crippen LogP contribution in [-0.2, 0) is 0 Å². The lowest BCUT2D eigenvalue weighted by molar-refractivity contribution is 0.0633. The number of hydrogen-bond donors (Lipinski definition) is 0. The van der Waals surface area contributed by atoms with E-state index in [-0.39, 0.29) is 11.8 Å². The van der Waals surface area contributed by atoms with E-state index >= 15 is 0 Å². The van der Waals surface area contributed by atoms with Crippen LogP contribution in [-0.4, -0.2) is 54.4 Å². The van der Waals surface area contributed by atoms with Crippen LogP contribution in [0.5, 0.6) is 5.75 Å². The van der Waals surface area contributed by atoms with Crippen molar-refractivity contribution in [3.63, 3.8) is 0 Å². The van der Waals surface area contributed by atoms with E-state index in [2.05, 4.69) is 6.92 Å². The Bertz CT molecular complexity index is 932. The molecule has 5 heteroatoms.